The van der Waals surface area contributed by atoms with Crippen molar-refractivity contribution in [3.8, 4) is 11.5 Å². The predicted molar refractivity (Wildman–Crippen MR) is 94.9 cm³/mol. The quantitative estimate of drug-likeness (QED) is 0.555. The second-order valence-corrected chi connectivity index (χ2v) is 6.54. The zero-order chi connectivity index (χ0) is 16.5. The Balaban J connectivity index is 1.57. The number of nitrogens with zero attached hydrogens (tertiary/aromatic N) is 3. The Kier molecular flexibility index (Phi) is 3.82. The summed E-state index contributed by atoms with van der Waals surface area (Å²) in [5.74, 6) is 1.25. The lowest BCUT2D eigenvalue weighted by Gasteiger charge is -1.97. The number of nitrogens with one attached hydrogen (secondary N) is 1. The highest BCUT2D eigenvalue weighted by Gasteiger charge is 2.12. The highest BCUT2D eigenvalue weighted by molar-refractivity contribution is 7.98. The average molecular weight is 336 g/mol. The molecule has 0 aliphatic carbocycles. The molecule has 0 aliphatic heterocycles. The van der Waals surface area contributed by atoms with Crippen molar-refractivity contribution in [2.24, 2.45) is 0 Å². The molecule has 1 aromatic carbocycles. The summed E-state index contributed by atoms with van der Waals surface area (Å²) >= 11 is 1.49. The number of thioether (sulfide) groups is 1. The van der Waals surface area contributed by atoms with Crippen LogP contribution in [0.2, 0.25) is 0 Å². The van der Waals surface area contributed by atoms with E-state index in [2.05, 4.69) is 46.1 Å². The van der Waals surface area contributed by atoms with Crippen molar-refractivity contribution in [3.05, 3.63) is 59.5 Å². The van der Waals surface area contributed by atoms with E-state index >= 15 is 0 Å². The lowest BCUT2D eigenvalue weighted by Crippen LogP contribution is -1.84. The standard InChI is InChI=1S/C18H16N4OS/c1-11-12(2)20-16-7-6-13(9-15(11)16)17-21-22-18(23-17)24-10-14-5-3-4-8-19-14/h3-9,20H,10H2,1-2H3. The maximum absolute atomic E-state index is 5.79. The summed E-state index contributed by atoms with van der Waals surface area (Å²) in [7, 11) is 0. The topological polar surface area (TPSA) is 67.6 Å². The summed E-state index contributed by atoms with van der Waals surface area (Å²) in [5, 5.41) is 10.0. The fourth-order valence-corrected chi connectivity index (χ4v) is 3.28. The number of rotatable bonds is 4. The predicted octanol–water partition coefficient (Wildman–Crippen LogP) is 4.52. The van der Waals surface area contributed by atoms with Crippen molar-refractivity contribution in [2.75, 3.05) is 0 Å². The van der Waals surface area contributed by atoms with Gasteiger partial charge in [0.15, 0.2) is 0 Å². The summed E-state index contributed by atoms with van der Waals surface area (Å²) in [4.78, 5) is 7.66. The maximum Gasteiger partial charge on any atom is 0.277 e. The number of fused-ring (bicyclic) bond motifs is 1. The van der Waals surface area contributed by atoms with E-state index in [1.165, 1.54) is 28.4 Å². The molecule has 0 amide bonds. The number of aryl methyl sites for hydroxylation is 2. The lowest BCUT2D eigenvalue weighted by atomic mass is 10.1. The van der Waals surface area contributed by atoms with Crippen molar-refractivity contribution in [1.29, 1.82) is 0 Å². The van der Waals surface area contributed by atoms with Gasteiger partial charge in [0.25, 0.3) is 5.22 Å². The molecule has 1 N–H and O–H groups in total. The van der Waals surface area contributed by atoms with Gasteiger partial charge < -0.3 is 9.40 Å². The van der Waals surface area contributed by atoms with Crippen LogP contribution in [0.5, 0.6) is 0 Å². The van der Waals surface area contributed by atoms with E-state index in [1.807, 2.05) is 24.3 Å². The number of aromatic amines is 1. The molecule has 4 aromatic rings. The molecule has 3 aromatic heterocycles. The van der Waals surface area contributed by atoms with Crippen molar-refractivity contribution in [2.45, 2.75) is 24.8 Å². The van der Waals surface area contributed by atoms with E-state index in [-0.39, 0.29) is 0 Å². The van der Waals surface area contributed by atoms with Gasteiger partial charge >= 0.3 is 0 Å². The minimum Gasteiger partial charge on any atom is -0.411 e. The normalized spacial score (nSPS) is 11.2. The van der Waals surface area contributed by atoms with Gasteiger partial charge in [0.1, 0.15) is 0 Å². The van der Waals surface area contributed by atoms with Crippen molar-refractivity contribution in [1.82, 2.24) is 20.2 Å². The first-order chi connectivity index (χ1) is 11.7. The van der Waals surface area contributed by atoms with Crippen LogP contribution in [-0.4, -0.2) is 20.2 Å². The first kappa shape index (κ1) is 15.0. The molecule has 0 saturated heterocycles. The number of hydrogen-bond acceptors (Lipinski definition) is 5. The molecule has 0 atom stereocenters. The number of hydrogen-bond donors (Lipinski definition) is 1. The largest absolute Gasteiger partial charge is 0.411 e. The Labute approximate surface area is 143 Å². The Bertz CT molecular complexity index is 991. The third-order valence-corrected chi connectivity index (χ3v) is 4.88. The third kappa shape index (κ3) is 2.80. The van der Waals surface area contributed by atoms with Gasteiger partial charge in [-0.1, -0.05) is 17.8 Å². The van der Waals surface area contributed by atoms with Gasteiger partial charge in [-0.05, 0) is 49.7 Å². The second kappa shape index (κ2) is 6.13. The molecule has 0 spiro atoms. The first-order valence-electron chi connectivity index (χ1n) is 7.66. The molecule has 4 rings (SSSR count). The van der Waals surface area contributed by atoms with Gasteiger partial charge in [-0.2, -0.15) is 0 Å². The molecule has 5 nitrogen and oxygen atoms in total. The highest BCUT2D eigenvalue weighted by Crippen LogP contribution is 2.29. The van der Waals surface area contributed by atoms with Gasteiger partial charge in [-0.25, -0.2) is 0 Å². The summed E-state index contributed by atoms with van der Waals surface area (Å²) in [6.07, 6.45) is 1.78. The third-order valence-electron chi connectivity index (χ3n) is 4.03. The van der Waals surface area contributed by atoms with Crippen LogP contribution in [0.1, 0.15) is 17.0 Å². The number of aromatic nitrogens is 4. The van der Waals surface area contributed by atoms with Crippen LogP contribution in [-0.2, 0) is 5.75 Å². The minimum absolute atomic E-state index is 0.540. The van der Waals surface area contributed by atoms with E-state index in [0.717, 1.165) is 16.8 Å². The highest BCUT2D eigenvalue weighted by atomic mass is 32.2. The Hall–Kier alpha value is -2.60. The summed E-state index contributed by atoms with van der Waals surface area (Å²) in [6.45, 7) is 4.19. The smallest absolute Gasteiger partial charge is 0.277 e. The van der Waals surface area contributed by atoms with Crippen molar-refractivity contribution >= 4 is 22.7 Å². The SMILES string of the molecule is Cc1[nH]c2ccc(-c3nnc(SCc4ccccn4)o3)cc2c1C. The van der Waals surface area contributed by atoms with Crippen LogP contribution in [0.4, 0.5) is 0 Å². The van der Waals surface area contributed by atoms with E-state index in [1.54, 1.807) is 6.20 Å². The fourth-order valence-electron chi connectivity index (χ4n) is 2.60. The first-order valence-corrected chi connectivity index (χ1v) is 8.65. The van der Waals surface area contributed by atoms with Crippen LogP contribution in [0, 0.1) is 13.8 Å². The summed E-state index contributed by atoms with van der Waals surface area (Å²) < 4.78 is 5.79. The number of benzene rings is 1. The molecular formula is C18H16N4OS. The van der Waals surface area contributed by atoms with Crippen LogP contribution >= 0.6 is 11.8 Å². The van der Waals surface area contributed by atoms with Crippen LogP contribution < -0.4 is 0 Å². The van der Waals surface area contributed by atoms with E-state index < -0.39 is 0 Å². The molecule has 0 aliphatic rings. The lowest BCUT2D eigenvalue weighted by molar-refractivity contribution is 0.466. The number of H-pyrrole nitrogens is 1. The number of pyridine rings is 1. The van der Waals surface area contributed by atoms with Gasteiger partial charge in [-0.3, -0.25) is 4.98 Å². The molecule has 24 heavy (non-hydrogen) atoms. The zero-order valence-electron chi connectivity index (χ0n) is 13.4. The summed E-state index contributed by atoms with van der Waals surface area (Å²) in [5.41, 5.74) is 5.47. The van der Waals surface area contributed by atoms with E-state index in [9.17, 15) is 0 Å². The molecule has 3 heterocycles. The fraction of sp³-hybridized carbons (Fsp3) is 0.167. The maximum atomic E-state index is 5.79. The van der Waals surface area contributed by atoms with Gasteiger partial charge in [0, 0.05) is 34.1 Å². The molecule has 0 radical (unpaired) electrons. The Morgan fingerprint density at radius 2 is 2.04 bits per heavy atom. The van der Waals surface area contributed by atoms with E-state index in [0.29, 0.717) is 16.9 Å². The molecule has 120 valence electrons. The van der Waals surface area contributed by atoms with Crippen LogP contribution in [0.3, 0.4) is 0 Å². The molecule has 0 bridgehead atoms. The van der Waals surface area contributed by atoms with Gasteiger partial charge in [0.05, 0.1) is 5.69 Å². The summed E-state index contributed by atoms with van der Waals surface area (Å²) in [6, 6.07) is 12.0. The minimum atomic E-state index is 0.540. The van der Waals surface area contributed by atoms with Crippen LogP contribution in [0.25, 0.3) is 22.4 Å². The van der Waals surface area contributed by atoms with Gasteiger partial charge in [-0.15, -0.1) is 10.2 Å². The molecular weight excluding hydrogens is 320 g/mol. The van der Waals surface area contributed by atoms with Crippen molar-refractivity contribution < 1.29 is 4.42 Å². The molecule has 0 unspecified atom stereocenters. The van der Waals surface area contributed by atoms with Gasteiger partial charge in [0.2, 0.25) is 5.89 Å². The molecule has 0 saturated carbocycles. The van der Waals surface area contributed by atoms with Crippen molar-refractivity contribution in [3.63, 3.8) is 0 Å². The Morgan fingerprint density at radius 1 is 1.12 bits per heavy atom. The molecule has 6 heteroatoms. The van der Waals surface area contributed by atoms with E-state index in [4.69, 9.17) is 4.42 Å². The molecule has 0 fully saturated rings. The monoisotopic (exact) mass is 336 g/mol. The second-order valence-electron chi connectivity index (χ2n) is 5.62. The van der Waals surface area contributed by atoms with Crippen LogP contribution in [0.15, 0.2) is 52.2 Å². The Morgan fingerprint density at radius 3 is 2.88 bits per heavy atom. The average Bonchev–Trinajstić information content (AvgIpc) is 3.19. The zero-order valence-corrected chi connectivity index (χ0v) is 14.2.